The topological polar surface area (TPSA) is 62.4 Å². The Morgan fingerprint density at radius 2 is 1.87 bits per heavy atom. The Labute approximate surface area is 136 Å². The third-order valence-corrected chi connectivity index (χ3v) is 5.01. The van der Waals surface area contributed by atoms with Crippen LogP contribution >= 0.6 is 0 Å². The van der Waals surface area contributed by atoms with E-state index in [9.17, 15) is 5.11 Å². The first kappa shape index (κ1) is 14.8. The van der Waals surface area contributed by atoms with E-state index >= 15 is 0 Å². The Morgan fingerprint density at radius 1 is 1.13 bits per heavy atom. The minimum absolute atomic E-state index is 0.332. The highest BCUT2D eigenvalue weighted by molar-refractivity contribution is 5.18. The van der Waals surface area contributed by atoms with Gasteiger partial charge in [-0.1, -0.05) is 35.5 Å². The summed E-state index contributed by atoms with van der Waals surface area (Å²) in [4.78, 5) is 6.84. The second-order valence-electron chi connectivity index (χ2n) is 6.79. The van der Waals surface area contributed by atoms with Crippen LogP contribution in [0.4, 0.5) is 0 Å². The summed E-state index contributed by atoms with van der Waals surface area (Å²) in [7, 11) is 0. The summed E-state index contributed by atoms with van der Waals surface area (Å²) < 4.78 is 5.36. The van der Waals surface area contributed by atoms with Gasteiger partial charge in [0.15, 0.2) is 5.82 Å². The zero-order valence-electron chi connectivity index (χ0n) is 13.3. The van der Waals surface area contributed by atoms with E-state index in [2.05, 4.69) is 15.0 Å². The van der Waals surface area contributed by atoms with Crippen molar-refractivity contribution in [2.24, 2.45) is 5.92 Å². The van der Waals surface area contributed by atoms with Crippen LogP contribution in [0.3, 0.4) is 0 Å². The van der Waals surface area contributed by atoms with Crippen LogP contribution in [-0.2, 0) is 6.54 Å². The lowest BCUT2D eigenvalue weighted by atomic mass is 9.87. The van der Waals surface area contributed by atoms with Gasteiger partial charge in [0.25, 0.3) is 0 Å². The molecule has 2 aliphatic rings. The SMILES string of the molecule is O[C@H](c1ccccc1)C1CCN(Cc2nc(C3CC3)no2)CC1. The molecule has 1 aromatic carbocycles. The van der Waals surface area contributed by atoms with Crippen LogP contribution in [0.15, 0.2) is 34.9 Å². The van der Waals surface area contributed by atoms with Gasteiger partial charge in [-0.15, -0.1) is 0 Å². The molecule has 1 saturated carbocycles. The van der Waals surface area contributed by atoms with Crippen molar-refractivity contribution in [2.45, 2.75) is 44.2 Å². The molecule has 0 spiro atoms. The maximum atomic E-state index is 10.5. The van der Waals surface area contributed by atoms with Crippen molar-refractivity contribution in [3.8, 4) is 0 Å². The van der Waals surface area contributed by atoms with E-state index in [-0.39, 0.29) is 6.10 Å². The van der Waals surface area contributed by atoms with Gasteiger partial charge in [-0.2, -0.15) is 4.98 Å². The number of piperidine rings is 1. The number of likely N-dealkylation sites (tertiary alicyclic amines) is 1. The first-order valence-corrected chi connectivity index (χ1v) is 8.57. The number of benzene rings is 1. The van der Waals surface area contributed by atoms with Gasteiger partial charge in [0.2, 0.25) is 5.89 Å². The van der Waals surface area contributed by atoms with Crippen LogP contribution in [0, 0.1) is 5.92 Å². The molecule has 2 fully saturated rings. The van der Waals surface area contributed by atoms with Gasteiger partial charge in [0.05, 0.1) is 12.6 Å². The standard InChI is InChI=1S/C18H23N3O2/c22-17(13-4-2-1-3-5-13)14-8-10-21(11-9-14)12-16-19-18(20-23-16)15-6-7-15/h1-5,14-15,17,22H,6-12H2/t17-/m1/s1. The average Bonchev–Trinajstić information content (AvgIpc) is 3.36. The fourth-order valence-corrected chi connectivity index (χ4v) is 3.38. The van der Waals surface area contributed by atoms with Crippen molar-refractivity contribution in [3.05, 3.63) is 47.6 Å². The van der Waals surface area contributed by atoms with E-state index in [1.807, 2.05) is 30.3 Å². The van der Waals surface area contributed by atoms with Gasteiger partial charge in [-0.05, 0) is 50.3 Å². The molecule has 2 heterocycles. The summed E-state index contributed by atoms with van der Waals surface area (Å²) in [5, 5.41) is 14.6. The van der Waals surface area contributed by atoms with E-state index in [1.54, 1.807) is 0 Å². The van der Waals surface area contributed by atoms with Crippen molar-refractivity contribution in [1.29, 1.82) is 0 Å². The molecule has 4 rings (SSSR count). The number of hydrogen-bond donors (Lipinski definition) is 1. The molecule has 0 bridgehead atoms. The third kappa shape index (κ3) is 3.46. The highest BCUT2D eigenvalue weighted by Crippen LogP contribution is 2.38. The zero-order valence-corrected chi connectivity index (χ0v) is 13.3. The smallest absolute Gasteiger partial charge is 0.240 e. The minimum atomic E-state index is -0.358. The van der Waals surface area contributed by atoms with Crippen LogP contribution in [-0.4, -0.2) is 33.2 Å². The highest BCUT2D eigenvalue weighted by atomic mass is 16.5. The molecule has 1 saturated heterocycles. The summed E-state index contributed by atoms with van der Waals surface area (Å²) >= 11 is 0. The number of rotatable bonds is 5. The monoisotopic (exact) mass is 313 g/mol. The molecule has 5 nitrogen and oxygen atoms in total. The zero-order chi connectivity index (χ0) is 15.6. The van der Waals surface area contributed by atoms with Crippen LogP contribution in [0.25, 0.3) is 0 Å². The van der Waals surface area contributed by atoms with Crippen molar-refractivity contribution < 1.29 is 9.63 Å². The molecule has 122 valence electrons. The molecule has 1 aliphatic carbocycles. The average molecular weight is 313 g/mol. The fourth-order valence-electron chi connectivity index (χ4n) is 3.38. The second kappa shape index (κ2) is 6.42. The Morgan fingerprint density at radius 3 is 2.57 bits per heavy atom. The van der Waals surface area contributed by atoms with E-state index in [0.717, 1.165) is 49.8 Å². The Bertz CT molecular complexity index is 631. The normalized spacial score (nSPS) is 21.4. The van der Waals surface area contributed by atoms with E-state index in [4.69, 9.17) is 4.52 Å². The van der Waals surface area contributed by atoms with Gasteiger partial charge in [0, 0.05) is 5.92 Å². The minimum Gasteiger partial charge on any atom is -0.388 e. The maximum absolute atomic E-state index is 10.5. The van der Waals surface area contributed by atoms with Crippen LogP contribution in [0.2, 0.25) is 0 Å². The first-order valence-electron chi connectivity index (χ1n) is 8.57. The first-order chi connectivity index (χ1) is 11.3. The predicted octanol–water partition coefficient (Wildman–Crippen LogP) is 2.89. The largest absolute Gasteiger partial charge is 0.388 e. The predicted molar refractivity (Wildman–Crippen MR) is 85.7 cm³/mol. The van der Waals surface area contributed by atoms with Gasteiger partial charge in [-0.3, -0.25) is 4.90 Å². The second-order valence-corrected chi connectivity index (χ2v) is 6.79. The number of aliphatic hydroxyl groups is 1. The number of hydrogen-bond acceptors (Lipinski definition) is 5. The van der Waals surface area contributed by atoms with Gasteiger partial charge < -0.3 is 9.63 Å². The summed E-state index contributed by atoms with van der Waals surface area (Å²) in [5.41, 5.74) is 1.02. The van der Waals surface area contributed by atoms with Crippen LogP contribution < -0.4 is 0 Å². The summed E-state index contributed by atoms with van der Waals surface area (Å²) in [6, 6.07) is 9.98. The third-order valence-electron chi connectivity index (χ3n) is 5.01. The summed E-state index contributed by atoms with van der Waals surface area (Å²) in [5.74, 6) is 2.49. The Balaban J connectivity index is 1.30. The number of aromatic nitrogens is 2. The summed E-state index contributed by atoms with van der Waals surface area (Å²) in [6.07, 6.45) is 4.03. The molecule has 1 aliphatic heterocycles. The highest BCUT2D eigenvalue weighted by Gasteiger charge is 2.30. The van der Waals surface area contributed by atoms with E-state index in [1.165, 1.54) is 12.8 Å². The fraction of sp³-hybridized carbons (Fsp3) is 0.556. The van der Waals surface area contributed by atoms with E-state index in [0.29, 0.717) is 11.8 Å². The number of nitrogens with zero attached hydrogens (tertiary/aromatic N) is 3. The molecule has 1 atom stereocenters. The maximum Gasteiger partial charge on any atom is 0.240 e. The van der Waals surface area contributed by atoms with Crippen molar-refractivity contribution in [3.63, 3.8) is 0 Å². The lowest BCUT2D eigenvalue weighted by molar-refractivity contribution is 0.0538. The van der Waals surface area contributed by atoms with Gasteiger partial charge in [-0.25, -0.2) is 0 Å². The molecular formula is C18H23N3O2. The molecule has 5 heteroatoms. The molecule has 0 unspecified atom stereocenters. The van der Waals surface area contributed by atoms with Crippen molar-refractivity contribution in [1.82, 2.24) is 15.0 Å². The quantitative estimate of drug-likeness (QED) is 0.919. The molecule has 1 N–H and O–H groups in total. The Hall–Kier alpha value is -1.72. The molecule has 0 amide bonds. The van der Waals surface area contributed by atoms with Crippen LogP contribution in [0.1, 0.15) is 55.0 Å². The van der Waals surface area contributed by atoms with Gasteiger partial charge in [0.1, 0.15) is 0 Å². The molecule has 0 radical (unpaired) electrons. The number of aliphatic hydroxyl groups excluding tert-OH is 1. The molecule has 2 aromatic rings. The lowest BCUT2D eigenvalue weighted by Gasteiger charge is -2.33. The van der Waals surface area contributed by atoms with Crippen molar-refractivity contribution in [2.75, 3.05) is 13.1 Å². The molecule has 1 aromatic heterocycles. The van der Waals surface area contributed by atoms with Gasteiger partial charge >= 0.3 is 0 Å². The van der Waals surface area contributed by atoms with E-state index < -0.39 is 0 Å². The van der Waals surface area contributed by atoms with Crippen molar-refractivity contribution >= 4 is 0 Å². The lowest BCUT2D eigenvalue weighted by Crippen LogP contribution is -2.35. The Kier molecular flexibility index (Phi) is 4.14. The summed E-state index contributed by atoms with van der Waals surface area (Å²) in [6.45, 7) is 2.67. The molecular weight excluding hydrogens is 290 g/mol. The molecule has 23 heavy (non-hydrogen) atoms. The van der Waals surface area contributed by atoms with Crippen LogP contribution in [0.5, 0.6) is 0 Å².